The molecule has 0 heterocycles. The molecule has 13 heavy (non-hydrogen) atoms. The van der Waals surface area contributed by atoms with Crippen molar-refractivity contribution in [1.82, 2.24) is 0 Å². The molecule has 0 fully saturated rings. The van der Waals surface area contributed by atoms with Crippen molar-refractivity contribution in [3.8, 4) is 0 Å². The minimum absolute atomic E-state index is 0.166. The van der Waals surface area contributed by atoms with E-state index in [1.165, 1.54) is 13.2 Å². The van der Waals surface area contributed by atoms with Gasteiger partial charge in [-0.1, -0.05) is 0 Å². The van der Waals surface area contributed by atoms with Gasteiger partial charge in [-0.2, -0.15) is 20.5 Å². The van der Waals surface area contributed by atoms with Crippen LogP contribution in [0.3, 0.4) is 0 Å². The Morgan fingerprint density at radius 2 is 2.00 bits per heavy atom. The van der Waals surface area contributed by atoms with Gasteiger partial charge in [0.2, 0.25) is 5.78 Å². The highest BCUT2D eigenvalue weighted by atomic mass is 32.2. The van der Waals surface area contributed by atoms with Gasteiger partial charge in [0.05, 0.1) is 12.4 Å². The quantitative estimate of drug-likeness (QED) is 0.506. The number of ketones is 1. The highest BCUT2D eigenvalue weighted by Crippen LogP contribution is 2.18. The van der Waals surface area contributed by atoms with Crippen LogP contribution in [0.4, 0.5) is 8.78 Å². The zero-order valence-corrected chi connectivity index (χ0v) is 8.12. The van der Waals surface area contributed by atoms with E-state index < -0.39 is 23.4 Å². The summed E-state index contributed by atoms with van der Waals surface area (Å²) in [5, 5.41) is 0. The summed E-state index contributed by atoms with van der Waals surface area (Å²) in [5.74, 6) is -7.59. The minimum atomic E-state index is -4.00. The standard InChI is InChI=1S/C7H10F2O3S/c1-3-12-6(11)7(8,9)5(10)4-13-2/h3-4H2,1-2H3. The Kier molecular flexibility index (Phi) is 4.90. The van der Waals surface area contributed by atoms with Crippen LogP contribution >= 0.6 is 11.8 Å². The lowest BCUT2D eigenvalue weighted by Crippen LogP contribution is -2.40. The number of carbonyl (C=O) groups excluding carboxylic acids is 2. The van der Waals surface area contributed by atoms with Crippen molar-refractivity contribution in [1.29, 1.82) is 0 Å². The number of ether oxygens (including phenoxy) is 1. The molecule has 0 aliphatic carbocycles. The second-order valence-electron chi connectivity index (χ2n) is 2.15. The molecule has 0 aliphatic heterocycles. The number of esters is 1. The Labute approximate surface area is 78.8 Å². The summed E-state index contributed by atoms with van der Waals surface area (Å²) < 4.78 is 29.5. The molecule has 0 N–H and O–H groups in total. The maximum atomic E-state index is 12.7. The summed E-state index contributed by atoms with van der Waals surface area (Å²) >= 11 is 0.935. The summed E-state index contributed by atoms with van der Waals surface area (Å²) in [6.07, 6.45) is 1.50. The second-order valence-corrected chi connectivity index (χ2v) is 3.02. The smallest absolute Gasteiger partial charge is 0.400 e. The molecule has 76 valence electrons. The first-order chi connectivity index (χ1) is 5.96. The van der Waals surface area contributed by atoms with E-state index in [0.29, 0.717) is 0 Å². The molecule has 0 atom stereocenters. The molecule has 3 nitrogen and oxygen atoms in total. The molecule has 0 unspecified atom stereocenters. The second kappa shape index (κ2) is 5.16. The number of rotatable bonds is 5. The Morgan fingerprint density at radius 1 is 1.46 bits per heavy atom. The Balaban J connectivity index is 4.36. The van der Waals surface area contributed by atoms with E-state index in [1.54, 1.807) is 0 Å². The van der Waals surface area contributed by atoms with Gasteiger partial charge >= 0.3 is 11.9 Å². The summed E-state index contributed by atoms with van der Waals surface area (Å²) in [5.41, 5.74) is 0. The van der Waals surface area contributed by atoms with Gasteiger partial charge in [0.15, 0.2) is 0 Å². The lowest BCUT2D eigenvalue weighted by Gasteiger charge is -2.12. The number of Topliss-reactive ketones (excluding diaryl/α,β-unsaturated/α-hetero) is 1. The van der Waals surface area contributed by atoms with Crippen molar-refractivity contribution < 1.29 is 23.1 Å². The predicted molar refractivity (Wildman–Crippen MR) is 45.0 cm³/mol. The number of carbonyl (C=O) groups is 2. The zero-order valence-electron chi connectivity index (χ0n) is 7.30. The fourth-order valence-electron chi connectivity index (χ4n) is 0.557. The van der Waals surface area contributed by atoms with Crippen molar-refractivity contribution in [2.45, 2.75) is 12.8 Å². The molecule has 0 saturated heterocycles. The van der Waals surface area contributed by atoms with Crippen LogP contribution in [0.2, 0.25) is 0 Å². The largest absolute Gasteiger partial charge is 0.461 e. The third-order valence-electron chi connectivity index (χ3n) is 1.16. The fourth-order valence-corrected chi connectivity index (χ4v) is 1.00. The van der Waals surface area contributed by atoms with Crippen molar-refractivity contribution in [3.63, 3.8) is 0 Å². The molecule has 0 rings (SSSR count). The van der Waals surface area contributed by atoms with Crippen molar-refractivity contribution in [2.24, 2.45) is 0 Å². The minimum Gasteiger partial charge on any atom is -0.461 e. The first-order valence-corrected chi connectivity index (χ1v) is 4.93. The molecule has 0 aromatic heterocycles. The van der Waals surface area contributed by atoms with Gasteiger partial charge < -0.3 is 4.74 Å². The highest BCUT2D eigenvalue weighted by Gasteiger charge is 2.47. The van der Waals surface area contributed by atoms with E-state index in [2.05, 4.69) is 4.74 Å². The van der Waals surface area contributed by atoms with E-state index in [0.717, 1.165) is 11.8 Å². The Bertz CT molecular complexity index is 186. The summed E-state index contributed by atoms with van der Waals surface area (Å²) in [6.45, 7) is 1.23. The lowest BCUT2D eigenvalue weighted by atomic mass is 10.2. The average Bonchev–Trinajstić information content (AvgIpc) is 2.05. The van der Waals surface area contributed by atoms with Gasteiger partial charge in [-0.05, 0) is 13.2 Å². The van der Waals surface area contributed by atoms with Crippen molar-refractivity contribution >= 4 is 23.5 Å². The molecule has 0 bridgehead atoms. The van der Waals surface area contributed by atoms with Gasteiger partial charge in [0, 0.05) is 0 Å². The molecule has 0 saturated carbocycles. The molecule has 0 aromatic rings. The fraction of sp³-hybridized carbons (Fsp3) is 0.714. The number of hydrogen-bond acceptors (Lipinski definition) is 4. The summed E-state index contributed by atoms with van der Waals surface area (Å²) in [7, 11) is 0. The SMILES string of the molecule is CCOC(=O)C(F)(F)C(=O)CSC. The van der Waals surface area contributed by atoms with E-state index in [1.807, 2.05) is 0 Å². The first-order valence-electron chi connectivity index (χ1n) is 3.54. The molecule has 6 heteroatoms. The molecule has 0 aliphatic rings. The number of alkyl halides is 2. The van der Waals surface area contributed by atoms with E-state index in [4.69, 9.17) is 0 Å². The van der Waals surface area contributed by atoms with Gasteiger partial charge in [-0.15, -0.1) is 0 Å². The topological polar surface area (TPSA) is 43.4 Å². The first kappa shape index (κ1) is 12.3. The van der Waals surface area contributed by atoms with Gasteiger partial charge in [-0.25, -0.2) is 4.79 Å². The maximum Gasteiger partial charge on any atom is 0.400 e. The lowest BCUT2D eigenvalue weighted by molar-refractivity contribution is -0.175. The predicted octanol–water partition coefficient (Wildman–Crippen LogP) is 1.12. The molecule has 0 amide bonds. The molecule has 0 radical (unpaired) electrons. The van der Waals surface area contributed by atoms with Crippen LogP contribution in [0, 0.1) is 0 Å². The van der Waals surface area contributed by atoms with Crippen LogP contribution in [0.25, 0.3) is 0 Å². The van der Waals surface area contributed by atoms with Crippen LogP contribution < -0.4 is 0 Å². The van der Waals surface area contributed by atoms with E-state index >= 15 is 0 Å². The molecule has 0 aromatic carbocycles. The highest BCUT2D eigenvalue weighted by molar-refractivity contribution is 7.99. The van der Waals surface area contributed by atoms with Gasteiger partial charge in [-0.3, -0.25) is 4.79 Å². The Hall–Kier alpha value is -0.650. The van der Waals surface area contributed by atoms with Crippen LogP contribution in [0.1, 0.15) is 6.92 Å². The average molecular weight is 212 g/mol. The van der Waals surface area contributed by atoms with Gasteiger partial charge in [0.1, 0.15) is 0 Å². The van der Waals surface area contributed by atoms with Crippen LogP contribution in [0.5, 0.6) is 0 Å². The normalized spacial score (nSPS) is 11.1. The van der Waals surface area contributed by atoms with Crippen molar-refractivity contribution in [3.05, 3.63) is 0 Å². The summed E-state index contributed by atoms with van der Waals surface area (Å²) in [6, 6.07) is 0. The number of thioether (sulfide) groups is 1. The van der Waals surface area contributed by atoms with E-state index in [9.17, 15) is 18.4 Å². The zero-order chi connectivity index (χ0) is 10.5. The van der Waals surface area contributed by atoms with Crippen LogP contribution in [-0.2, 0) is 14.3 Å². The van der Waals surface area contributed by atoms with Crippen molar-refractivity contribution in [2.75, 3.05) is 18.6 Å². The maximum absolute atomic E-state index is 12.7. The Morgan fingerprint density at radius 3 is 2.38 bits per heavy atom. The molecule has 0 spiro atoms. The molecular weight excluding hydrogens is 202 g/mol. The van der Waals surface area contributed by atoms with E-state index in [-0.39, 0.29) is 6.61 Å². The third-order valence-corrected chi connectivity index (χ3v) is 1.71. The third kappa shape index (κ3) is 3.30. The monoisotopic (exact) mass is 212 g/mol. The van der Waals surface area contributed by atoms with Crippen LogP contribution in [-0.4, -0.2) is 36.3 Å². The number of halogens is 2. The summed E-state index contributed by atoms with van der Waals surface area (Å²) in [4.78, 5) is 21.3. The van der Waals surface area contributed by atoms with Gasteiger partial charge in [0.25, 0.3) is 0 Å². The number of hydrogen-bond donors (Lipinski definition) is 0. The van der Waals surface area contributed by atoms with Crippen LogP contribution in [0.15, 0.2) is 0 Å². The molecular formula is C7H10F2O3S.